The number of nitrogens with zero attached hydrogens (tertiary/aromatic N) is 2. The first-order chi connectivity index (χ1) is 14.8. The van der Waals surface area contributed by atoms with Crippen LogP contribution in [0.2, 0.25) is 10.0 Å². The predicted octanol–water partition coefficient (Wildman–Crippen LogP) is 6.32. The normalized spacial score (nSPS) is 10.5. The van der Waals surface area contributed by atoms with Gasteiger partial charge in [-0.1, -0.05) is 59.6 Å². The third-order valence-electron chi connectivity index (χ3n) is 4.62. The standard InChI is InChI=1S/C22H18Cl2FN3O3/c23-17-10-9-15(18(24)13-17)11-12-27(14-16-5-1-4-8-21(16)28(30)31)22(29)26-20-7-3-2-6-19(20)25/h1-10,13H,11-12,14H2,(H,26,29). The molecule has 31 heavy (non-hydrogen) atoms. The number of nitrogens with one attached hydrogen (secondary N) is 1. The molecule has 0 aromatic heterocycles. The second kappa shape index (κ2) is 10.2. The van der Waals surface area contributed by atoms with Crippen LogP contribution in [0.15, 0.2) is 66.7 Å². The van der Waals surface area contributed by atoms with E-state index >= 15 is 0 Å². The molecular formula is C22H18Cl2FN3O3. The van der Waals surface area contributed by atoms with Crippen LogP contribution in [0.1, 0.15) is 11.1 Å². The molecule has 0 fully saturated rings. The van der Waals surface area contributed by atoms with E-state index in [0.29, 0.717) is 22.0 Å². The van der Waals surface area contributed by atoms with Crippen molar-refractivity contribution in [1.29, 1.82) is 0 Å². The molecule has 0 aliphatic heterocycles. The molecule has 0 aliphatic carbocycles. The fourth-order valence-corrected chi connectivity index (χ4v) is 3.52. The van der Waals surface area contributed by atoms with E-state index < -0.39 is 16.8 Å². The third-order valence-corrected chi connectivity index (χ3v) is 5.21. The molecule has 1 N–H and O–H groups in total. The minimum absolute atomic E-state index is 0.0181. The van der Waals surface area contributed by atoms with Gasteiger partial charge >= 0.3 is 6.03 Å². The van der Waals surface area contributed by atoms with Gasteiger partial charge in [0.2, 0.25) is 0 Å². The molecule has 0 radical (unpaired) electrons. The fourth-order valence-electron chi connectivity index (χ4n) is 3.02. The molecule has 160 valence electrons. The zero-order valence-corrected chi connectivity index (χ0v) is 17.7. The lowest BCUT2D eigenvalue weighted by molar-refractivity contribution is -0.385. The number of carbonyl (C=O) groups excluding carboxylic acids is 1. The highest BCUT2D eigenvalue weighted by atomic mass is 35.5. The first kappa shape index (κ1) is 22.5. The van der Waals surface area contributed by atoms with Gasteiger partial charge in [0, 0.05) is 28.2 Å². The van der Waals surface area contributed by atoms with Gasteiger partial charge in [-0.3, -0.25) is 10.1 Å². The summed E-state index contributed by atoms with van der Waals surface area (Å²) in [5.74, 6) is -0.581. The van der Waals surface area contributed by atoms with Crippen LogP contribution in [0.25, 0.3) is 0 Å². The number of benzene rings is 3. The molecule has 3 aromatic rings. The molecule has 0 aliphatic rings. The van der Waals surface area contributed by atoms with Crippen molar-refractivity contribution in [2.75, 3.05) is 11.9 Å². The topological polar surface area (TPSA) is 75.5 Å². The second-order valence-corrected chi connectivity index (χ2v) is 7.55. The van der Waals surface area contributed by atoms with Crippen LogP contribution in [0, 0.1) is 15.9 Å². The van der Waals surface area contributed by atoms with Crippen molar-refractivity contribution in [1.82, 2.24) is 4.90 Å². The zero-order chi connectivity index (χ0) is 22.4. The van der Waals surface area contributed by atoms with E-state index in [1.165, 1.54) is 29.2 Å². The zero-order valence-electron chi connectivity index (χ0n) is 16.2. The average molecular weight is 462 g/mol. The van der Waals surface area contributed by atoms with Crippen molar-refractivity contribution in [3.05, 3.63) is 104 Å². The molecule has 6 nitrogen and oxygen atoms in total. The summed E-state index contributed by atoms with van der Waals surface area (Å²) in [7, 11) is 0. The molecular weight excluding hydrogens is 444 g/mol. The van der Waals surface area contributed by atoms with E-state index in [1.807, 2.05) is 0 Å². The molecule has 0 saturated carbocycles. The average Bonchev–Trinajstić information content (AvgIpc) is 2.74. The highest BCUT2D eigenvalue weighted by Gasteiger charge is 2.21. The number of para-hydroxylation sites is 2. The summed E-state index contributed by atoms with van der Waals surface area (Å²) in [6.07, 6.45) is 0.376. The second-order valence-electron chi connectivity index (χ2n) is 6.70. The smallest absolute Gasteiger partial charge is 0.320 e. The fraction of sp³-hybridized carbons (Fsp3) is 0.136. The third kappa shape index (κ3) is 5.93. The Bertz CT molecular complexity index is 1110. The van der Waals surface area contributed by atoms with Crippen molar-refractivity contribution in [2.45, 2.75) is 13.0 Å². The maximum atomic E-state index is 14.0. The largest absolute Gasteiger partial charge is 0.322 e. The Morgan fingerprint density at radius 1 is 1.03 bits per heavy atom. The van der Waals surface area contributed by atoms with Gasteiger partial charge < -0.3 is 10.2 Å². The Labute approximate surface area is 188 Å². The van der Waals surface area contributed by atoms with Crippen LogP contribution in [0.3, 0.4) is 0 Å². The van der Waals surface area contributed by atoms with Crippen molar-refractivity contribution in [2.24, 2.45) is 0 Å². The summed E-state index contributed by atoms with van der Waals surface area (Å²) in [5.41, 5.74) is 1.04. The molecule has 0 heterocycles. The number of amides is 2. The summed E-state index contributed by atoms with van der Waals surface area (Å²) in [5, 5.41) is 14.8. The molecule has 0 bridgehead atoms. The number of rotatable bonds is 7. The van der Waals surface area contributed by atoms with Gasteiger partial charge in [-0.25, -0.2) is 9.18 Å². The SMILES string of the molecule is O=C(Nc1ccccc1F)N(CCc1ccc(Cl)cc1Cl)Cc1ccccc1[N+](=O)[O-]. The number of nitro benzene ring substituents is 1. The Kier molecular flexibility index (Phi) is 7.44. The van der Waals surface area contributed by atoms with Gasteiger partial charge in [-0.2, -0.15) is 0 Å². The first-order valence-electron chi connectivity index (χ1n) is 9.32. The molecule has 9 heteroatoms. The van der Waals surface area contributed by atoms with Crippen LogP contribution in [0.4, 0.5) is 20.6 Å². The molecule has 0 atom stereocenters. The highest BCUT2D eigenvalue weighted by molar-refractivity contribution is 6.35. The number of anilines is 1. The van der Waals surface area contributed by atoms with Crippen molar-refractivity contribution < 1.29 is 14.1 Å². The summed E-state index contributed by atoms with van der Waals surface area (Å²) >= 11 is 12.2. The molecule has 0 spiro atoms. The molecule has 0 unspecified atom stereocenters. The Morgan fingerprint density at radius 3 is 2.45 bits per heavy atom. The maximum absolute atomic E-state index is 14.0. The lowest BCUT2D eigenvalue weighted by Crippen LogP contribution is -2.36. The van der Waals surface area contributed by atoms with E-state index in [4.69, 9.17) is 23.2 Å². The highest BCUT2D eigenvalue weighted by Crippen LogP contribution is 2.24. The van der Waals surface area contributed by atoms with Crippen LogP contribution >= 0.6 is 23.2 Å². The van der Waals surface area contributed by atoms with Gasteiger partial charge in [0.05, 0.1) is 17.2 Å². The summed E-state index contributed by atoms with van der Waals surface area (Å²) in [6.45, 7) is 0.149. The van der Waals surface area contributed by atoms with E-state index in [2.05, 4.69) is 5.32 Å². The van der Waals surface area contributed by atoms with Crippen molar-refractivity contribution >= 4 is 40.6 Å². The van der Waals surface area contributed by atoms with Crippen LogP contribution < -0.4 is 5.32 Å². The van der Waals surface area contributed by atoms with Gasteiger partial charge in [-0.15, -0.1) is 0 Å². The summed E-state index contributed by atoms with van der Waals surface area (Å²) in [4.78, 5) is 25.2. The summed E-state index contributed by atoms with van der Waals surface area (Å²) in [6, 6.07) is 16.4. The quantitative estimate of drug-likeness (QED) is 0.330. The number of carbonyl (C=O) groups is 1. The minimum Gasteiger partial charge on any atom is -0.320 e. The molecule has 2 amide bonds. The van der Waals surface area contributed by atoms with E-state index in [-0.39, 0.29) is 24.5 Å². The van der Waals surface area contributed by atoms with Gasteiger partial charge in [0.15, 0.2) is 0 Å². The minimum atomic E-state index is -0.590. The van der Waals surface area contributed by atoms with Crippen molar-refractivity contribution in [3.8, 4) is 0 Å². The molecule has 0 saturated heterocycles. The maximum Gasteiger partial charge on any atom is 0.322 e. The van der Waals surface area contributed by atoms with E-state index in [0.717, 1.165) is 5.56 Å². The summed E-state index contributed by atoms with van der Waals surface area (Å²) < 4.78 is 14.0. The predicted molar refractivity (Wildman–Crippen MR) is 119 cm³/mol. The number of nitro groups is 1. The van der Waals surface area contributed by atoms with Gasteiger partial charge in [0.25, 0.3) is 5.69 Å². The lowest BCUT2D eigenvalue weighted by Gasteiger charge is -2.23. The number of hydrogen-bond acceptors (Lipinski definition) is 3. The monoisotopic (exact) mass is 461 g/mol. The molecule has 3 aromatic carbocycles. The van der Waals surface area contributed by atoms with Gasteiger partial charge in [-0.05, 0) is 36.2 Å². The number of halogens is 3. The lowest BCUT2D eigenvalue weighted by atomic mass is 10.1. The molecule has 3 rings (SSSR count). The Balaban J connectivity index is 1.85. The van der Waals surface area contributed by atoms with Crippen molar-refractivity contribution in [3.63, 3.8) is 0 Å². The van der Waals surface area contributed by atoms with Crippen LogP contribution in [-0.4, -0.2) is 22.4 Å². The van der Waals surface area contributed by atoms with Gasteiger partial charge in [0.1, 0.15) is 5.82 Å². The Morgan fingerprint density at radius 2 is 1.74 bits per heavy atom. The Hall–Kier alpha value is -3.16. The van der Waals surface area contributed by atoms with Crippen LogP contribution in [-0.2, 0) is 13.0 Å². The van der Waals surface area contributed by atoms with E-state index in [9.17, 15) is 19.3 Å². The number of hydrogen-bond donors (Lipinski definition) is 1. The van der Waals surface area contributed by atoms with E-state index in [1.54, 1.807) is 42.5 Å². The number of urea groups is 1. The first-order valence-corrected chi connectivity index (χ1v) is 10.1. The van der Waals surface area contributed by atoms with Crippen LogP contribution in [0.5, 0.6) is 0 Å².